The van der Waals surface area contributed by atoms with E-state index in [0.717, 1.165) is 18.4 Å². The number of rotatable bonds is 5. The van der Waals surface area contributed by atoms with Crippen LogP contribution in [0.25, 0.3) is 0 Å². The maximum Gasteiger partial charge on any atom is 0.261 e. The molecule has 1 fully saturated rings. The van der Waals surface area contributed by atoms with Crippen molar-refractivity contribution in [3.05, 3.63) is 57.5 Å². The molecule has 0 radical (unpaired) electrons. The highest BCUT2D eigenvalue weighted by Crippen LogP contribution is 2.41. The number of primary amides is 1. The summed E-state index contributed by atoms with van der Waals surface area (Å²) >= 11 is 1.18. The van der Waals surface area contributed by atoms with Gasteiger partial charge >= 0.3 is 0 Å². The Balaban J connectivity index is 1.77. The van der Waals surface area contributed by atoms with Crippen LogP contribution in [0.2, 0.25) is 0 Å². The van der Waals surface area contributed by atoms with Gasteiger partial charge in [-0.05, 0) is 42.5 Å². The van der Waals surface area contributed by atoms with Crippen molar-refractivity contribution in [2.75, 3.05) is 0 Å². The van der Waals surface area contributed by atoms with E-state index in [2.05, 4.69) is 5.32 Å². The van der Waals surface area contributed by atoms with Crippen molar-refractivity contribution in [3.63, 3.8) is 0 Å². The Morgan fingerprint density at radius 2 is 1.95 bits per heavy atom. The minimum atomic E-state index is -0.549. The van der Waals surface area contributed by atoms with Gasteiger partial charge in [0.05, 0.1) is 16.5 Å². The first-order chi connectivity index (χ1) is 10.5. The summed E-state index contributed by atoms with van der Waals surface area (Å²) in [5.74, 6) is -0.703. The van der Waals surface area contributed by atoms with Crippen molar-refractivity contribution < 1.29 is 14.0 Å². The second kappa shape index (κ2) is 5.88. The maximum absolute atomic E-state index is 13.0. The van der Waals surface area contributed by atoms with Crippen molar-refractivity contribution >= 4 is 23.2 Å². The molecule has 1 aromatic carbocycles. The lowest BCUT2D eigenvalue weighted by Crippen LogP contribution is -2.29. The van der Waals surface area contributed by atoms with Crippen LogP contribution in [0.1, 0.15) is 44.5 Å². The number of thiophene rings is 1. The molecule has 0 aliphatic heterocycles. The minimum absolute atomic E-state index is 0.132. The van der Waals surface area contributed by atoms with Crippen molar-refractivity contribution in [3.8, 4) is 0 Å². The zero-order chi connectivity index (χ0) is 15.7. The van der Waals surface area contributed by atoms with Gasteiger partial charge in [0.2, 0.25) is 5.91 Å². The summed E-state index contributed by atoms with van der Waals surface area (Å²) in [7, 11) is 0. The molecule has 1 aromatic heterocycles. The number of hydrogen-bond donors (Lipinski definition) is 2. The Morgan fingerprint density at radius 1 is 1.27 bits per heavy atom. The van der Waals surface area contributed by atoms with Gasteiger partial charge in [-0.2, -0.15) is 0 Å². The predicted molar refractivity (Wildman–Crippen MR) is 82.2 cm³/mol. The van der Waals surface area contributed by atoms with Gasteiger partial charge in [0.15, 0.2) is 0 Å². The summed E-state index contributed by atoms with van der Waals surface area (Å²) < 4.78 is 13.0. The second-order valence-electron chi connectivity index (χ2n) is 5.40. The standard InChI is InChI=1S/C16H15FN2O2S/c17-12-5-3-10(4-6-12)14(9-1-2-9)19-16(21)13-7-11(8-22-13)15(18)20/h3-9,14H,1-2H2,(H2,18,20)(H,19,21)/t14-/m0/s1. The molecule has 4 nitrogen and oxygen atoms in total. The smallest absolute Gasteiger partial charge is 0.261 e. The van der Waals surface area contributed by atoms with E-state index in [1.54, 1.807) is 17.5 Å². The Kier molecular flexibility index (Phi) is 3.94. The zero-order valence-electron chi connectivity index (χ0n) is 11.7. The van der Waals surface area contributed by atoms with Crippen LogP contribution in [-0.4, -0.2) is 11.8 Å². The fourth-order valence-corrected chi connectivity index (χ4v) is 3.17. The molecule has 1 aliphatic carbocycles. The first-order valence-corrected chi connectivity index (χ1v) is 7.87. The average molecular weight is 318 g/mol. The molecule has 1 saturated carbocycles. The van der Waals surface area contributed by atoms with Gasteiger partial charge in [-0.15, -0.1) is 11.3 Å². The van der Waals surface area contributed by atoms with Crippen LogP contribution in [0, 0.1) is 11.7 Å². The van der Waals surface area contributed by atoms with E-state index >= 15 is 0 Å². The molecule has 1 atom stereocenters. The normalized spacial score (nSPS) is 15.3. The number of carbonyl (C=O) groups is 2. The number of amides is 2. The summed E-state index contributed by atoms with van der Waals surface area (Å²) in [6.07, 6.45) is 2.08. The summed E-state index contributed by atoms with van der Waals surface area (Å²) in [6.45, 7) is 0. The van der Waals surface area contributed by atoms with Gasteiger partial charge in [-0.25, -0.2) is 4.39 Å². The van der Waals surface area contributed by atoms with Gasteiger partial charge in [0.25, 0.3) is 5.91 Å². The minimum Gasteiger partial charge on any atom is -0.366 e. The van der Waals surface area contributed by atoms with Crippen molar-refractivity contribution in [1.29, 1.82) is 0 Å². The molecule has 3 N–H and O–H groups in total. The number of benzene rings is 1. The predicted octanol–water partition coefficient (Wildman–Crippen LogP) is 2.87. The molecular weight excluding hydrogens is 303 g/mol. The summed E-state index contributed by atoms with van der Waals surface area (Å²) in [5.41, 5.74) is 6.42. The van der Waals surface area contributed by atoms with E-state index in [4.69, 9.17) is 5.73 Å². The van der Waals surface area contributed by atoms with Crippen molar-refractivity contribution in [1.82, 2.24) is 5.32 Å². The van der Waals surface area contributed by atoms with E-state index in [0.29, 0.717) is 16.4 Å². The molecule has 114 valence electrons. The first kappa shape index (κ1) is 14.7. The van der Waals surface area contributed by atoms with E-state index in [9.17, 15) is 14.0 Å². The lowest BCUT2D eigenvalue weighted by molar-refractivity contribution is 0.0935. The molecule has 0 unspecified atom stereocenters. The highest BCUT2D eigenvalue weighted by molar-refractivity contribution is 7.12. The maximum atomic E-state index is 13.0. The molecule has 1 heterocycles. The van der Waals surface area contributed by atoms with E-state index in [1.165, 1.54) is 29.5 Å². The number of hydrogen-bond acceptors (Lipinski definition) is 3. The molecule has 6 heteroatoms. The van der Waals surface area contributed by atoms with E-state index < -0.39 is 5.91 Å². The van der Waals surface area contributed by atoms with Crippen LogP contribution in [0.5, 0.6) is 0 Å². The van der Waals surface area contributed by atoms with Crippen molar-refractivity contribution in [2.45, 2.75) is 18.9 Å². The van der Waals surface area contributed by atoms with Crippen LogP contribution in [-0.2, 0) is 0 Å². The Labute approximate surface area is 131 Å². The molecule has 3 rings (SSSR count). The van der Waals surface area contributed by atoms with Crippen LogP contribution in [0.3, 0.4) is 0 Å². The van der Waals surface area contributed by atoms with Gasteiger partial charge in [0, 0.05) is 5.38 Å². The molecule has 2 aromatic rings. The zero-order valence-corrected chi connectivity index (χ0v) is 12.5. The topological polar surface area (TPSA) is 72.2 Å². The van der Waals surface area contributed by atoms with Gasteiger partial charge < -0.3 is 11.1 Å². The Morgan fingerprint density at radius 3 is 2.50 bits per heavy atom. The monoisotopic (exact) mass is 318 g/mol. The number of nitrogens with one attached hydrogen (secondary N) is 1. The molecule has 22 heavy (non-hydrogen) atoms. The molecule has 0 saturated heterocycles. The van der Waals surface area contributed by atoms with Crippen LogP contribution in [0.4, 0.5) is 4.39 Å². The van der Waals surface area contributed by atoms with Gasteiger partial charge in [-0.3, -0.25) is 9.59 Å². The third-order valence-electron chi connectivity index (χ3n) is 3.72. The van der Waals surface area contributed by atoms with E-state index in [-0.39, 0.29) is 17.8 Å². The van der Waals surface area contributed by atoms with Crippen LogP contribution < -0.4 is 11.1 Å². The van der Waals surface area contributed by atoms with Gasteiger partial charge in [0.1, 0.15) is 5.82 Å². The number of nitrogens with two attached hydrogens (primary N) is 1. The molecule has 0 bridgehead atoms. The SMILES string of the molecule is NC(=O)c1csc(C(=O)N[C@H](c2ccc(F)cc2)C2CC2)c1. The Bertz CT molecular complexity index is 707. The third kappa shape index (κ3) is 3.17. The van der Waals surface area contributed by atoms with Crippen molar-refractivity contribution in [2.24, 2.45) is 11.7 Å². The molecule has 1 aliphatic rings. The number of carbonyl (C=O) groups excluding carboxylic acids is 2. The quantitative estimate of drug-likeness (QED) is 0.890. The third-order valence-corrected chi connectivity index (χ3v) is 4.65. The average Bonchev–Trinajstić information content (AvgIpc) is 3.20. The largest absolute Gasteiger partial charge is 0.366 e. The summed E-state index contributed by atoms with van der Waals surface area (Å²) in [4.78, 5) is 23.9. The highest BCUT2D eigenvalue weighted by Gasteiger charge is 2.33. The lowest BCUT2D eigenvalue weighted by Gasteiger charge is -2.18. The molecule has 0 spiro atoms. The Hall–Kier alpha value is -2.21. The summed E-state index contributed by atoms with van der Waals surface area (Å²) in [6, 6.07) is 7.55. The lowest BCUT2D eigenvalue weighted by atomic mass is 10.0. The van der Waals surface area contributed by atoms with E-state index in [1.807, 2.05) is 0 Å². The van der Waals surface area contributed by atoms with Gasteiger partial charge in [-0.1, -0.05) is 12.1 Å². The first-order valence-electron chi connectivity index (χ1n) is 6.99. The van der Waals surface area contributed by atoms with Crippen LogP contribution >= 0.6 is 11.3 Å². The fourth-order valence-electron chi connectivity index (χ4n) is 2.37. The summed E-state index contributed by atoms with van der Waals surface area (Å²) in [5, 5.41) is 4.55. The molecule has 2 amide bonds. The highest BCUT2D eigenvalue weighted by atomic mass is 32.1. The van der Waals surface area contributed by atoms with Crippen LogP contribution in [0.15, 0.2) is 35.7 Å². The fraction of sp³-hybridized carbons (Fsp3) is 0.250. The number of halogens is 1. The second-order valence-corrected chi connectivity index (χ2v) is 6.32. The molecular formula is C16H15FN2O2S.